The number of ketones is 2. The number of aliphatic hydroxyl groups excluding tert-OH is 2. The molecule has 1 aromatic rings. The fraction of sp³-hybridized carbons (Fsp3) is 0.480. The molecule has 9 heteroatoms. The van der Waals surface area contributed by atoms with Crippen LogP contribution in [0.15, 0.2) is 35.1 Å². The van der Waals surface area contributed by atoms with Crippen molar-refractivity contribution < 1.29 is 34.8 Å². The number of primary amides is 1. The van der Waals surface area contributed by atoms with E-state index in [0.29, 0.717) is 18.5 Å². The zero-order chi connectivity index (χ0) is 25.2. The number of benzene rings is 1. The lowest BCUT2D eigenvalue weighted by molar-refractivity contribution is -0.153. The van der Waals surface area contributed by atoms with Crippen LogP contribution in [0.3, 0.4) is 0 Å². The smallest absolute Gasteiger partial charge is 0.255 e. The summed E-state index contributed by atoms with van der Waals surface area (Å²) >= 11 is 0. The van der Waals surface area contributed by atoms with E-state index in [1.54, 1.807) is 12.1 Å². The summed E-state index contributed by atoms with van der Waals surface area (Å²) < 4.78 is 0. The molecule has 0 saturated heterocycles. The summed E-state index contributed by atoms with van der Waals surface area (Å²) in [6, 6.07) is 4.73. The summed E-state index contributed by atoms with van der Waals surface area (Å²) in [7, 11) is 0. The summed E-state index contributed by atoms with van der Waals surface area (Å²) in [4.78, 5) is 39.0. The number of aliphatic hydroxyl groups is 3. The molecule has 4 rings (SSSR count). The van der Waals surface area contributed by atoms with Gasteiger partial charge in [0.1, 0.15) is 22.8 Å². The van der Waals surface area contributed by atoms with Gasteiger partial charge in [0.05, 0.1) is 5.56 Å². The maximum absolute atomic E-state index is 13.7. The molecule has 0 aliphatic heterocycles. The van der Waals surface area contributed by atoms with E-state index in [1.807, 2.05) is 20.8 Å². The largest absolute Gasteiger partial charge is 0.508 e. The maximum atomic E-state index is 13.7. The third-order valence-corrected chi connectivity index (χ3v) is 7.09. The molecular formula is C25H30N2O7. The number of carbonyl (C=O) groups is 3. The normalized spacial score (nSPS) is 29.0. The van der Waals surface area contributed by atoms with Crippen LogP contribution in [0, 0.1) is 23.2 Å². The molecule has 34 heavy (non-hydrogen) atoms. The lowest BCUT2D eigenvalue weighted by Crippen LogP contribution is -2.62. The molecule has 4 unspecified atom stereocenters. The highest BCUT2D eigenvalue weighted by Crippen LogP contribution is 2.53. The molecule has 4 atom stereocenters. The predicted octanol–water partition coefficient (Wildman–Crippen LogP) is 1.29. The molecule has 7 N–H and O–H groups in total. The molecule has 0 radical (unpaired) electrons. The highest BCUT2D eigenvalue weighted by atomic mass is 16.3. The summed E-state index contributed by atoms with van der Waals surface area (Å²) in [5.74, 6) is -7.31. The number of hydrogen-bond donors (Lipinski definition) is 6. The highest BCUT2D eigenvalue weighted by molar-refractivity contribution is 6.23. The Morgan fingerprint density at radius 1 is 1.21 bits per heavy atom. The number of carbonyl (C=O) groups excluding carboxylic acids is 3. The van der Waals surface area contributed by atoms with Crippen molar-refractivity contribution in [2.24, 2.45) is 28.9 Å². The molecule has 0 bridgehead atoms. The van der Waals surface area contributed by atoms with E-state index in [9.17, 15) is 34.8 Å². The van der Waals surface area contributed by atoms with Gasteiger partial charge in [-0.2, -0.15) is 0 Å². The van der Waals surface area contributed by atoms with E-state index >= 15 is 0 Å². The molecule has 1 amide bonds. The zero-order valence-corrected chi connectivity index (χ0v) is 19.4. The summed E-state index contributed by atoms with van der Waals surface area (Å²) in [6.45, 7) is 6.59. The van der Waals surface area contributed by atoms with Crippen molar-refractivity contribution in [2.75, 3.05) is 13.1 Å². The van der Waals surface area contributed by atoms with Crippen molar-refractivity contribution in [3.8, 4) is 5.75 Å². The summed E-state index contributed by atoms with van der Waals surface area (Å²) in [5.41, 5.74) is 2.43. The average Bonchev–Trinajstić information content (AvgIpc) is 2.72. The van der Waals surface area contributed by atoms with E-state index in [2.05, 4.69) is 5.32 Å². The minimum absolute atomic E-state index is 0.0650. The lowest BCUT2D eigenvalue weighted by Gasteiger charge is -2.49. The van der Waals surface area contributed by atoms with Gasteiger partial charge in [0, 0.05) is 30.5 Å². The van der Waals surface area contributed by atoms with Gasteiger partial charge in [-0.25, -0.2) is 0 Å². The Morgan fingerprint density at radius 3 is 2.50 bits per heavy atom. The second kappa shape index (κ2) is 7.95. The molecule has 1 aromatic carbocycles. The average molecular weight is 471 g/mol. The molecule has 0 aromatic heterocycles. The van der Waals surface area contributed by atoms with Crippen molar-refractivity contribution in [3.05, 3.63) is 46.2 Å². The fourth-order valence-corrected chi connectivity index (χ4v) is 5.56. The van der Waals surface area contributed by atoms with Crippen LogP contribution >= 0.6 is 0 Å². The third-order valence-electron chi connectivity index (χ3n) is 7.09. The van der Waals surface area contributed by atoms with Gasteiger partial charge in [0.15, 0.2) is 11.4 Å². The van der Waals surface area contributed by atoms with Crippen LogP contribution in [-0.4, -0.2) is 56.6 Å². The molecule has 3 aliphatic rings. The lowest BCUT2D eigenvalue weighted by atomic mass is 9.56. The van der Waals surface area contributed by atoms with Gasteiger partial charge in [-0.1, -0.05) is 32.9 Å². The number of phenolic OH excluding ortho intramolecular Hbond substituents is 1. The van der Waals surface area contributed by atoms with Gasteiger partial charge in [0.2, 0.25) is 5.78 Å². The number of rotatable bonds is 4. The molecule has 9 nitrogen and oxygen atoms in total. The zero-order valence-electron chi connectivity index (χ0n) is 19.4. The van der Waals surface area contributed by atoms with Crippen LogP contribution in [0.4, 0.5) is 0 Å². The van der Waals surface area contributed by atoms with Crippen molar-refractivity contribution in [2.45, 2.75) is 39.2 Å². The van der Waals surface area contributed by atoms with Crippen LogP contribution < -0.4 is 11.1 Å². The van der Waals surface area contributed by atoms with Gasteiger partial charge in [-0.3, -0.25) is 14.4 Å². The number of phenols is 1. The number of hydrogen-bond acceptors (Lipinski definition) is 8. The van der Waals surface area contributed by atoms with Crippen LogP contribution in [0.25, 0.3) is 5.76 Å². The minimum Gasteiger partial charge on any atom is -0.508 e. The quantitative estimate of drug-likeness (QED) is 0.357. The Labute approximate surface area is 197 Å². The number of fused-ring (bicyclic) bond motifs is 3. The minimum atomic E-state index is -2.60. The molecule has 1 fully saturated rings. The van der Waals surface area contributed by atoms with Gasteiger partial charge in [-0.15, -0.1) is 0 Å². The first-order chi connectivity index (χ1) is 15.8. The van der Waals surface area contributed by atoms with E-state index in [0.717, 1.165) is 0 Å². The number of nitrogens with one attached hydrogen (secondary N) is 1. The van der Waals surface area contributed by atoms with Gasteiger partial charge >= 0.3 is 0 Å². The van der Waals surface area contributed by atoms with Crippen molar-refractivity contribution in [1.29, 1.82) is 0 Å². The first-order valence-electron chi connectivity index (χ1n) is 11.3. The van der Waals surface area contributed by atoms with Gasteiger partial charge in [0.25, 0.3) is 5.91 Å². The van der Waals surface area contributed by atoms with E-state index in [4.69, 9.17) is 5.73 Å². The molecule has 0 heterocycles. The molecular weight excluding hydrogens is 440 g/mol. The maximum Gasteiger partial charge on any atom is 0.255 e. The van der Waals surface area contributed by atoms with Crippen molar-refractivity contribution in [3.63, 3.8) is 0 Å². The fourth-order valence-electron chi connectivity index (χ4n) is 5.56. The monoisotopic (exact) mass is 470 g/mol. The van der Waals surface area contributed by atoms with Crippen LogP contribution in [0.1, 0.15) is 38.3 Å². The van der Waals surface area contributed by atoms with E-state index in [1.165, 1.54) is 6.07 Å². The van der Waals surface area contributed by atoms with Crippen LogP contribution in [0.2, 0.25) is 0 Å². The molecule has 0 spiro atoms. The summed E-state index contributed by atoms with van der Waals surface area (Å²) in [6.07, 6.45) is 0.394. The Kier molecular flexibility index (Phi) is 5.61. The van der Waals surface area contributed by atoms with Crippen molar-refractivity contribution in [1.82, 2.24) is 5.32 Å². The number of amides is 1. The first kappa shape index (κ1) is 24.0. The number of nitrogens with two attached hydrogens (primary N) is 1. The number of aromatic hydroxyl groups is 1. The second-order valence-electron chi connectivity index (χ2n) is 10.7. The Bertz CT molecular complexity index is 1160. The molecule has 3 aliphatic carbocycles. The Morgan fingerprint density at radius 2 is 1.88 bits per heavy atom. The number of Topliss-reactive ketones (excluding diaryl/α,β-unsaturated/α-hetero) is 2. The Hall–Kier alpha value is -3.17. The van der Waals surface area contributed by atoms with E-state index < -0.39 is 57.9 Å². The van der Waals surface area contributed by atoms with Gasteiger partial charge in [-0.05, 0) is 35.8 Å². The predicted molar refractivity (Wildman–Crippen MR) is 123 cm³/mol. The SMILES string of the molecule is CC(C)(C)CNCC1C(=O)C(C(N)=O)=C(O)C2(O)C(=O)C3=C(O)c4c(O)cccc4CC3CC12. The second-order valence-corrected chi connectivity index (χ2v) is 10.7. The van der Waals surface area contributed by atoms with Crippen LogP contribution in [-0.2, 0) is 20.8 Å². The third kappa shape index (κ3) is 3.50. The van der Waals surface area contributed by atoms with Gasteiger partial charge < -0.3 is 31.5 Å². The van der Waals surface area contributed by atoms with Crippen LogP contribution in [0.5, 0.6) is 5.75 Å². The topological polar surface area (TPSA) is 170 Å². The standard InChI is InChI=1S/C25H30N2O7/c1-24(2,3)10-27-9-13-14-8-12-7-11-5-4-6-15(28)16(11)20(30)17(12)21(31)25(14,34)22(32)18(19(13)29)23(26)33/h4-6,12-14,27-28,30,32,34H,7-10H2,1-3H3,(H2,26,33). The molecule has 182 valence electrons. The summed E-state index contributed by atoms with van der Waals surface area (Å²) in [5, 5.41) is 46.8. The Balaban J connectivity index is 1.84. The molecule has 1 saturated carbocycles. The highest BCUT2D eigenvalue weighted by Gasteiger charge is 2.63. The first-order valence-corrected chi connectivity index (χ1v) is 11.3. The van der Waals surface area contributed by atoms with E-state index in [-0.39, 0.29) is 35.3 Å². The van der Waals surface area contributed by atoms with Crippen molar-refractivity contribution >= 4 is 23.2 Å².